The number of rotatable bonds is 2. The van der Waals surface area contributed by atoms with Crippen molar-refractivity contribution < 1.29 is 14.4 Å². The van der Waals surface area contributed by atoms with Crippen molar-refractivity contribution >= 4 is 57.2 Å². The summed E-state index contributed by atoms with van der Waals surface area (Å²) in [4.78, 5) is 34.4. The van der Waals surface area contributed by atoms with E-state index in [0.29, 0.717) is 15.7 Å². The molecule has 6 atom stereocenters. The normalized spacial score (nSPS) is 31.7. The molecule has 164 valence electrons. The van der Waals surface area contributed by atoms with Crippen LogP contribution in [0, 0.1) is 29.6 Å². The summed E-state index contributed by atoms with van der Waals surface area (Å²) in [5, 5.41) is 7.50. The molecule has 33 heavy (non-hydrogen) atoms. The summed E-state index contributed by atoms with van der Waals surface area (Å²) in [5.41, 5.74) is 2.18. The van der Waals surface area contributed by atoms with Crippen LogP contribution in [-0.4, -0.2) is 23.6 Å². The molecule has 2 aliphatic carbocycles. The lowest BCUT2D eigenvalue weighted by Gasteiger charge is -2.30. The van der Waals surface area contributed by atoms with Crippen molar-refractivity contribution in [2.75, 3.05) is 4.90 Å². The predicted octanol–water partition coefficient (Wildman–Crippen LogP) is 5.32. The number of hydrogen-bond acceptors (Lipinski definition) is 4. The van der Waals surface area contributed by atoms with Gasteiger partial charge >= 0.3 is 0 Å². The van der Waals surface area contributed by atoms with Crippen molar-refractivity contribution in [3.8, 4) is 0 Å². The first-order valence-electron chi connectivity index (χ1n) is 11.1. The minimum Gasteiger partial charge on any atom is -0.391 e. The van der Waals surface area contributed by atoms with E-state index in [0.717, 1.165) is 28.5 Å². The maximum absolute atomic E-state index is 13.6. The van der Waals surface area contributed by atoms with Gasteiger partial charge in [0.15, 0.2) is 0 Å². The van der Waals surface area contributed by atoms with E-state index in [1.165, 1.54) is 4.90 Å². The lowest BCUT2D eigenvalue weighted by atomic mass is 9.71. The zero-order chi connectivity index (χ0) is 22.4. The number of imide groups is 1. The fourth-order valence-corrected chi connectivity index (χ4v) is 7.12. The average Bonchev–Trinajstić information content (AvgIpc) is 3.54. The van der Waals surface area contributed by atoms with Crippen molar-refractivity contribution in [1.82, 2.24) is 0 Å². The third kappa shape index (κ3) is 2.58. The number of amides is 2. The first-order chi connectivity index (χ1) is 16.0. The molecule has 0 radical (unpaired) electrons. The Morgan fingerprint density at radius 2 is 1.61 bits per heavy atom. The Hall–Kier alpha value is -2.89. The monoisotopic (exact) mass is 476 g/mol. The van der Waals surface area contributed by atoms with Gasteiger partial charge in [-0.3, -0.25) is 14.5 Å². The highest BCUT2D eigenvalue weighted by atomic mass is 35.5. The molecule has 0 spiro atoms. The van der Waals surface area contributed by atoms with Crippen LogP contribution in [0.4, 0.5) is 5.69 Å². The Labute approximate surface area is 199 Å². The highest BCUT2D eigenvalue weighted by Crippen LogP contribution is 2.62. The Kier molecular flexibility index (Phi) is 4.04. The molecule has 0 aromatic heterocycles. The SMILES string of the molecule is O=C1[C@@H]2[C@H]3C[C@H]([C@H]4ON=C(c5ccc(Cl)cc5Cl)[C@H]34)[C@@H]2C(=O)N1c1ccc2ccccc2c1. The molecule has 7 rings (SSSR count). The molecule has 5 nitrogen and oxygen atoms in total. The lowest BCUT2D eigenvalue weighted by molar-refractivity contribution is -0.125. The van der Waals surface area contributed by atoms with Crippen molar-refractivity contribution in [1.29, 1.82) is 0 Å². The number of benzene rings is 3. The summed E-state index contributed by atoms with van der Waals surface area (Å²) in [7, 11) is 0. The van der Waals surface area contributed by atoms with Crippen LogP contribution < -0.4 is 4.90 Å². The highest BCUT2D eigenvalue weighted by molar-refractivity contribution is 6.37. The summed E-state index contributed by atoms with van der Waals surface area (Å²) >= 11 is 12.5. The van der Waals surface area contributed by atoms with E-state index in [4.69, 9.17) is 28.0 Å². The smallest absolute Gasteiger partial charge is 0.238 e. The van der Waals surface area contributed by atoms with Gasteiger partial charge in [0.05, 0.1) is 28.3 Å². The quantitative estimate of drug-likeness (QED) is 0.470. The number of halogens is 2. The number of anilines is 1. The average molecular weight is 477 g/mol. The minimum atomic E-state index is -0.356. The molecule has 0 unspecified atom stereocenters. The molecule has 2 saturated carbocycles. The van der Waals surface area contributed by atoms with Gasteiger partial charge in [0.2, 0.25) is 11.8 Å². The van der Waals surface area contributed by atoms with Crippen molar-refractivity contribution in [3.05, 3.63) is 76.3 Å². The summed E-state index contributed by atoms with van der Waals surface area (Å²) < 4.78 is 0. The van der Waals surface area contributed by atoms with Crippen molar-refractivity contribution in [3.63, 3.8) is 0 Å². The second-order valence-electron chi connectivity index (χ2n) is 9.35. The van der Waals surface area contributed by atoms with Crippen LogP contribution in [0.3, 0.4) is 0 Å². The third-order valence-corrected chi connectivity index (χ3v) is 8.44. The summed E-state index contributed by atoms with van der Waals surface area (Å²) in [6, 6.07) is 19.0. The number of hydrogen-bond donors (Lipinski definition) is 0. The Morgan fingerprint density at radius 1 is 0.848 bits per heavy atom. The number of carbonyl (C=O) groups excluding carboxylic acids is 2. The highest BCUT2D eigenvalue weighted by Gasteiger charge is 2.70. The van der Waals surface area contributed by atoms with E-state index in [1.54, 1.807) is 12.1 Å². The number of fused-ring (bicyclic) bond motifs is 9. The predicted molar refractivity (Wildman–Crippen MR) is 126 cm³/mol. The van der Waals surface area contributed by atoms with E-state index in [-0.39, 0.29) is 47.5 Å². The van der Waals surface area contributed by atoms with E-state index in [2.05, 4.69) is 5.16 Å². The summed E-state index contributed by atoms with van der Waals surface area (Å²) in [6.07, 6.45) is 0.587. The third-order valence-electron chi connectivity index (χ3n) is 7.89. The molecule has 1 saturated heterocycles. The molecule has 3 fully saturated rings. The van der Waals surface area contributed by atoms with Crippen LogP contribution in [0.2, 0.25) is 10.0 Å². The second kappa shape index (κ2) is 6.81. The molecule has 2 bridgehead atoms. The molecule has 7 heteroatoms. The molecular weight excluding hydrogens is 459 g/mol. The van der Waals surface area contributed by atoms with Crippen LogP contribution >= 0.6 is 23.2 Å². The molecular formula is C26H18Cl2N2O3. The molecule has 2 amide bonds. The number of carbonyl (C=O) groups is 2. The van der Waals surface area contributed by atoms with Gasteiger partial charge in [-0.1, -0.05) is 64.8 Å². The van der Waals surface area contributed by atoms with Crippen molar-refractivity contribution in [2.24, 2.45) is 34.7 Å². The molecule has 4 aliphatic rings. The zero-order valence-corrected chi connectivity index (χ0v) is 18.8. The maximum Gasteiger partial charge on any atom is 0.238 e. The van der Waals surface area contributed by atoms with Crippen molar-refractivity contribution in [2.45, 2.75) is 12.5 Å². The fourth-order valence-electron chi connectivity index (χ4n) is 6.62. The fraction of sp³-hybridized carbons (Fsp3) is 0.269. The standard InChI is InChI=1S/C26H18Cl2N2O3/c27-14-6-8-16(19(28)10-14)23-22-17-11-18(24(22)33-29-23)21-20(17)25(31)30(26(21)32)15-7-5-12-3-1-2-4-13(12)9-15/h1-10,17-18,20-22,24H,11H2/t17-,18+,20-,21+,22+,24-/m1/s1. The number of nitrogens with zero attached hydrogens (tertiary/aromatic N) is 2. The zero-order valence-electron chi connectivity index (χ0n) is 17.3. The van der Waals surface area contributed by atoms with E-state index < -0.39 is 0 Å². The van der Waals surface area contributed by atoms with Gasteiger partial charge in [-0.25, -0.2) is 0 Å². The van der Waals surface area contributed by atoms with E-state index >= 15 is 0 Å². The molecule has 3 aromatic rings. The van der Waals surface area contributed by atoms with Crippen LogP contribution in [0.5, 0.6) is 0 Å². The van der Waals surface area contributed by atoms with Gasteiger partial charge in [0, 0.05) is 22.4 Å². The minimum absolute atomic E-state index is 0.0000915. The van der Waals surface area contributed by atoms with Crippen LogP contribution in [0.25, 0.3) is 10.8 Å². The van der Waals surface area contributed by atoms with Gasteiger partial charge in [-0.05, 0) is 47.4 Å². The Bertz CT molecular complexity index is 1400. The Morgan fingerprint density at radius 3 is 2.39 bits per heavy atom. The van der Waals surface area contributed by atoms with Gasteiger partial charge in [-0.2, -0.15) is 0 Å². The Balaban J connectivity index is 1.25. The van der Waals surface area contributed by atoms with E-state index in [1.807, 2.05) is 48.5 Å². The molecule has 0 N–H and O–H groups in total. The van der Waals surface area contributed by atoms with Gasteiger partial charge in [0.25, 0.3) is 0 Å². The van der Waals surface area contributed by atoms with Gasteiger partial charge < -0.3 is 4.84 Å². The van der Waals surface area contributed by atoms with E-state index in [9.17, 15) is 9.59 Å². The first-order valence-corrected chi connectivity index (χ1v) is 11.8. The summed E-state index contributed by atoms with van der Waals surface area (Å²) in [5.74, 6) is -1.02. The second-order valence-corrected chi connectivity index (χ2v) is 10.2. The van der Waals surface area contributed by atoms with Gasteiger partial charge in [0.1, 0.15) is 6.10 Å². The maximum atomic E-state index is 13.6. The first kappa shape index (κ1) is 19.6. The van der Waals surface area contributed by atoms with Gasteiger partial charge in [-0.15, -0.1) is 0 Å². The largest absolute Gasteiger partial charge is 0.391 e. The topological polar surface area (TPSA) is 59.0 Å². The molecule has 3 aromatic carbocycles. The molecule has 2 aliphatic heterocycles. The lowest BCUT2D eigenvalue weighted by Crippen LogP contribution is -2.41. The van der Waals surface area contributed by atoms with Crippen LogP contribution in [0.15, 0.2) is 65.8 Å². The number of oxime groups is 1. The summed E-state index contributed by atoms with van der Waals surface area (Å²) in [6.45, 7) is 0. The molecule has 2 heterocycles. The van der Waals surface area contributed by atoms with Crippen LogP contribution in [0.1, 0.15) is 12.0 Å². The van der Waals surface area contributed by atoms with Crippen LogP contribution in [-0.2, 0) is 14.4 Å².